The fourth-order valence-corrected chi connectivity index (χ4v) is 7.35. The number of ether oxygens (including phenoxy) is 3. The number of benzene rings is 1. The fourth-order valence-electron chi connectivity index (χ4n) is 6.92. The second-order valence-electron chi connectivity index (χ2n) is 16.9. The van der Waals surface area contributed by atoms with Gasteiger partial charge in [-0.25, -0.2) is 9.59 Å². The van der Waals surface area contributed by atoms with Gasteiger partial charge in [-0.15, -0.1) is 11.8 Å². The Hall–Kier alpha value is -4.41. The summed E-state index contributed by atoms with van der Waals surface area (Å²) in [5, 5.41) is 8.62. The minimum absolute atomic E-state index is 0.0341. The summed E-state index contributed by atoms with van der Waals surface area (Å²) in [4.78, 5) is 99.1. The molecule has 3 N–H and O–H groups in total. The molecule has 1 heterocycles. The van der Waals surface area contributed by atoms with Crippen LogP contribution in [0.15, 0.2) is 47.6 Å². The van der Waals surface area contributed by atoms with Gasteiger partial charge in [-0.2, -0.15) is 0 Å². The smallest absolute Gasteiger partial charge is 0.334 e. The first-order valence-electron chi connectivity index (χ1n) is 21.5. The molecule has 0 spiro atoms. The lowest BCUT2D eigenvalue weighted by Crippen LogP contribution is -2.57. The van der Waals surface area contributed by atoms with Crippen molar-refractivity contribution in [1.82, 2.24) is 25.8 Å². The standard InChI is InChI=1S/C46H70ClN5O10S/c1-14-27(5)39-42(55)49-32(10)46(59)62-40(28(6)15-2)30(8)36(60-25-63-13)21-16-29(7)45(58)61-37(22-26(3)4)41(54)48-31(9)43(56)52(12)35(23-33-17-19-34(47)20-18-33)44(57)51(11)24-38(53)50-39/h15-20,26-27,30-32,35-37,39-40H,14,21-25H2,1-13H3,(H,48,54)(H,49,55)(H,50,53)/b28-15+,29-16+/t27-,30-,31+,32+,35?,36-,37?,39-,40+/m0/s1. The molecule has 9 atom stereocenters. The average Bonchev–Trinajstić information content (AvgIpc) is 3.24. The van der Waals surface area contributed by atoms with E-state index in [2.05, 4.69) is 16.0 Å². The third kappa shape index (κ3) is 16.9. The molecule has 0 aliphatic carbocycles. The zero-order valence-electron chi connectivity index (χ0n) is 39.2. The van der Waals surface area contributed by atoms with Gasteiger partial charge in [0, 0.05) is 37.0 Å². The summed E-state index contributed by atoms with van der Waals surface area (Å²) in [7, 11) is 2.84. The second kappa shape index (κ2) is 26.4. The minimum atomic E-state index is -1.25. The summed E-state index contributed by atoms with van der Waals surface area (Å²) < 4.78 is 18.1. The molecule has 17 heteroatoms. The second-order valence-corrected chi connectivity index (χ2v) is 18.1. The Morgan fingerprint density at radius 1 is 0.937 bits per heavy atom. The Morgan fingerprint density at radius 2 is 1.56 bits per heavy atom. The molecule has 1 aliphatic heterocycles. The van der Waals surface area contributed by atoms with E-state index >= 15 is 0 Å². The molecule has 2 unspecified atom stereocenters. The molecule has 1 aromatic carbocycles. The average molecular weight is 921 g/mol. The Labute approximate surface area is 383 Å². The van der Waals surface area contributed by atoms with Crippen LogP contribution in [0.1, 0.15) is 94.1 Å². The van der Waals surface area contributed by atoms with E-state index in [0.717, 1.165) is 10.5 Å². The summed E-state index contributed by atoms with van der Waals surface area (Å²) in [6.45, 7) is 17.0. The minimum Gasteiger partial charge on any atom is -0.456 e. The van der Waals surface area contributed by atoms with E-state index in [1.54, 1.807) is 44.2 Å². The van der Waals surface area contributed by atoms with Gasteiger partial charge in [-0.3, -0.25) is 24.0 Å². The van der Waals surface area contributed by atoms with Crippen LogP contribution in [-0.2, 0) is 54.2 Å². The molecule has 15 nitrogen and oxygen atoms in total. The normalized spacial score (nSPS) is 27.8. The number of halogens is 1. The number of hydrogen-bond donors (Lipinski definition) is 3. The molecule has 352 valence electrons. The molecule has 5 amide bonds. The van der Waals surface area contributed by atoms with Crippen molar-refractivity contribution in [2.75, 3.05) is 32.8 Å². The number of allylic oxidation sites excluding steroid dienone is 1. The third-order valence-electron chi connectivity index (χ3n) is 11.3. The van der Waals surface area contributed by atoms with Crippen molar-refractivity contribution in [3.8, 4) is 0 Å². The first-order chi connectivity index (χ1) is 29.6. The van der Waals surface area contributed by atoms with Gasteiger partial charge in [0.1, 0.15) is 30.3 Å². The van der Waals surface area contributed by atoms with Gasteiger partial charge >= 0.3 is 11.9 Å². The number of nitrogens with one attached hydrogen (secondary N) is 3. The third-order valence-corrected chi connectivity index (χ3v) is 11.9. The van der Waals surface area contributed by atoms with Crippen LogP contribution in [0, 0.1) is 17.8 Å². The zero-order valence-corrected chi connectivity index (χ0v) is 40.8. The number of cyclic esters (lactones) is 2. The van der Waals surface area contributed by atoms with Crippen molar-refractivity contribution >= 4 is 64.8 Å². The summed E-state index contributed by atoms with van der Waals surface area (Å²) in [6.07, 6.45) is 3.70. The van der Waals surface area contributed by atoms with E-state index in [-0.39, 0.29) is 36.7 Å². The van der Waals surface area contributed by atoms with E-state index in [1.165, 1.54) is 44.6 Å². The molecular weight excluding hydrogens is 850 g/mol. The van der Waals surface area contributed by atoms with E-state index in [4.69, 9.17) is 25.8 Å². The molecule has 0 saturated carbocycles. The van der Waals surface area contributed by atoms with Gasteiger partial charge in [0.05, 0.1) is 18.6 Å². The van der Waals surface area contributed by atoms with Crippen LogP contribution in [0.2, 0.25) is 5.02 Å². The van der Waals surface area contributed by atoms with Gasteiger partial charge in [0.15, 0.2) is 6.10 Å². The van der Waals surface area contributed by atoms with Crippen molar-refractivity contribution in [3.63, 3.8) is 0 Å². The number of carbonyl (C=O) groups excluding carboxylic acids is 7. The molecule has 0 radical (unpaired) electrons. The highest BCUT2D eigenvalue weighted by molar-refractivity contribution is 7.98. The number of carbonyl (C=O) groups is 7. The Kier molecular flexibility index (Phi) is 22.9. The Morgan fingerprint density at radius 3 is 2.13 bits per heavy atom. The van der Waals surface area contributed by atoms with Crippen molar-refractivity contribution in [1.29, 1.82) is 0 Å². The molecule has 0 bridgehead atoms. The first kappa shape index (κ1) is 54.7. The van der Waals surface area contributed by atoms with Crippen LogP contribution in [0.5, 0.6) is 0 Å². The SMILES string of the molecule is C/C=C(\C)[C@H]1OC(=O)[C@@H](C)NC(=O)[C@H]([C@@H](C)CC)NC(=O)CN(C)C(=O)C(Cc2ccc(Cl)cc2)N(C)C(=O)[C@@H](C)NC(=O)C(CC(C)C)OC(=O)/C(C)=C/C[C@H](OCSC)[C@@H]1C. The maximum absolute atomic E-state index is 14.2. The lowest BCUT2D eigenvalue weighted by molar-refractivity contribution is -0.155. The number of likely N-dealkylation sites (N-methyl/N-ethyl adjacent to an activating group) is 2. The first-order valence-corrected chi connectivity index (χ1v) is 23.3. The highest BCUT2D eigenvalue weighted by atomic mass is 35.5. The number of rotatable bonds is 10. The van der Waals surface area contributed by atoms with E-state index in [9.17, 15) is 33.6 Å². The highest BCUT2D eigenvalue weighted by Crippen LogP contribution is 2.26. The van der Waals surface area contributed by atoms with Crippen molar-refractivity contribution in [3.05, 3.63) is 58.1 Å². The van der Waals surface area contributed by atoms with Gasteiger partial charge in [-0.05, 0) is 88.8 Å². The van der Waals surface area contributed by atoms with Crippen LogP contribution in [0.4, 0.5) is 0 Å². The molecule has 1 aliphatic rings. The van der Waals surface area contributed by atoms with Gasteiger partial charge in [-0.1, -0.05) is 76.9 Å². The predicted octanol–water partition coefficient (Wildman–Crippen LogP) is 5.24. The summed E-state index contributed by atoms with van der Waals surface area (Å²) in [6, 6.07) is 2.25. The van der Waals surface area contributed by atoms with E-state index in [1.807, 2.05) is 53.9 Å². The maximum Gasteiger partial charge on any atom is 0.334 e. The number of hydrogen-bond acceptors (Lipinski definition) is 11. The van der Waals surface area contributed by atoms with Crippen molar-refractivity contribution in [2.45, 2.75) is 137 Å². The number of esters is 2. The van der Waals surface area contributed by atoms with Crippen LogP contribution in [0.25, 0.3) is 0 Å². The van der Waals surface area contributed by atoms with Crippen LogP contribution in [0.3, 0.4) is 0 Å². The lowest BCUT2D eigenvalue weighted by Gasteiger charge is -2.33. The van der Waals surface area contributed by atoms with Crippen LogP contribution in [-0.4, -0.2) is 127 Å². The number of thioether (sulfide) groups is 1. The Bertz CT molecular complexity index is 1810. The number of amides is 5. The molecule has 0 saturated heterocycles. The monoisotopic (exact) mass is 919 g/mol. The quantitative estimate of drug-likeness (QED) is 0.158. The van der Waals surface area contributed by atoms with E-state index in [0.29, 0.717) is 22.9 Å². The molecule has 0 aromatic heterocycles. The Balaban J connectivity index is 2.69. The highest BCUT2D eigenvalue weighted by Gasteiger charge is 2.37. The summed E-state index contributed by atoms with van der Waals surface area (Å²) in [5.41, 5.74) is 1.62. The zero-order chi connectivity index (χ0) is 47.7. The van der Waals surface area contributed by atoms with Gasteiger partial charge in [0.25, 0.3) is 5.91 Å². The van der Waals surface area contributed by atoms with E-state index < -0.39 is 96.4 Å². The fraction of sp³-hybridized carbons (Fsp3) is 0.630. The van der Waals surface area contributed by atoms with Crippen LogP contribution >= 0.6 is 23.4 Å². The van der Waals surface area contributed by atoms with Gasteiger partial charge < -0.3 is 40.0 Å². The van der Waals surface area contributed by atoms with Gasteiger partial charge in [0.2, 0.25) is 23.6 Å². The topological polar surface area (TPSA) is 190 Å². The molecule has 1 aromatic rings. The molecule has 0 fully saturated rings. The summed E-state index contributed by atoms with van der Waals surface area (Å²) >= 11 is 7.59. The summed E-state index contributed by atoms with van der Waals surface area (Å²) in [5.74, 6) is -5.17. The van der Waals surface area contributed by atoms with Crippen LogP contribution < -0.4 is 16.0 Å². The molecule has 2 rings (SSSR count). The predicted molar refractivity (Wildman–Crippen MR) is 245 cm³/mol. The lowest BCUT2D eigenvalue weighted by atomic mass is 9.90. The van der Waals surface area contributed by atoms with Crippen molar-refractivity contribution in [2.24, 2.45) is 17.8 Å². The maximum atomic E-state index is 14.2. The van der Waals surface area contributed by atoms with Crippen molar-refractivity contribution < 1.29 is 47.8 Å². The number of nitrogens with zero attached hydrogens (tertiary/aromatic N) is 2. The molecular formula is C46H70ClN5O10S. The largest absolute Gasteiger partial charge is 0.456 e. The molecule has 63 heavy (non-hydrogen) atoms.